The molecule has 1 fully saturated rings. The molecule has 0 spiro atoms. The molecule has 25 nitrogen and oxygen atoms in total. The van der Waals surface area contributed by atoms with Gasteiger partial charge in [-0.05, 0) is 242 Å². The Morgan fingerprint density at radius 2 is 0.774 bits per heavy atom. The average molecular weight is 1670 g/mol. The van der Waals surface area contributed by atoms with E-state index in [1.54, 1.807) is 0 Å². The Morgan fingerprint density at radius 1 is 0.371 bits per heavy atom. The highest BCUT2D eigenvalue weighted by Crippen LogP contribution is 2.41. The van der Waals surface area contributed by atoms with Gasteiger partial charge in [-0.3, -0.25) is 39.1 Å². The SMILES string of the molecule is CCCCCCc1cc2c(cc1C)nc1c(=O)[nH]c(=O)nc-1n2CCCc1ccc(C)cc1.CCc1cc2nc3c(=O)[nH]c(=O)nc-3n(CC(Cc3ccc(C)cc3)OC(C)C)c2cc1C.Cc1ccc(CCCn2c3nc(=O)[nH]c(=O)c-3nc3cc(C4CC4)ccc32)cc1.Cc1ccc(CCCn2c3nc(=O)[nH]c(=O)c-3nc3ccc(C(C)C)cc32)cc1. The van der Waals surface area contributed by atoms with Crippen LogP contribution in [0.25, 0.3) is 90.2 Å². The molecule has 124 heavy (non-hydrogen) atoms. The summed E-state index contributed by atoms with van der Waals surface area (Å²) in [7, 11) is 0. The molecular weight excluding hydrogens is 1560 g/mol. The highest BCUT2D eigenvalue weighted by molar-refractivity contribution is 5.84. The number of rotatable bonds is 26. The van der Waals surface area contributed by atoms with Crippen molar-refractivity contribution in [2.45, 2.75) is 230 Å². The number of hydrogen-bond donors (Lipinski definition) is 4. The number of hydrogen-bond acceptors (Lipinski definition) is 17. The van der Waals surface area contributed by atoms with Crippen LogP contribution in [0.3, 0.4) is 0 Å². The zero-order valence-electron chi connectivity index (χ0n) is 72.8. The third-order valence-corrected chi connectivity index (χ3v) is 23.1. The first-order chi connectivity index (χ1) is 59.7. The quantitative estimate of drug-likeness (QED) is 0.0289. The molecule has 1 aliphatic carbocycles. The normalized spacial score (nSPS) is 12.4. The van der Waals surface area contributed by atoms with Crippen molar-refractivity contribution in [2.24, 2.45) is 0 Å². The number of H-pyrrole nitrogens is 4. The van der Waals surface area contributed by atoms with Crippen LogP contribution in [0.2, 0.25) is 0 Å². The molecule has 1 atom stereocenters. The summed E-state index contributed by atoms with van der Waals surface area (Å²) in [5, 5.41) is 0. The lowest BCUT2D eigenvalue weighted by molar-refractivity contribution is -0.000468. The fourth-order valence-electron chi connectivity index (χ4n) is 16.2. The second-order valence-corrected chi connectivity index (χ2v) is 33.6. The van der Waals surface area contributed by atoms with Gasteiger partial charge >= 0.3 is 22.8 Å². The molecule has 4 N–H and O–H groups in total. The molecule has 0 aromatic heterocycles. The van der Waals surface area contributed by atoms with E-state index < -0.39 is 45.0 Å². The van der Waals surface area contributed by atoms with Crippen molar-refractivity contribution in [1.29, 1.82) is 0 Å². The standard InChI is InChI=1S/C27H32N4O2.C26H30N4O3.C23H22N4O2.C23H24N4O2/c1-4-5-6-7-10-21-17-23-22(16-19(21)3)28-24-25(29-27(33)30-26(24)32)31(23)15-8-9-20-13-11-18(2)12-14-20;1-6-19-13-21-22(11-17(19)5)30(24-23(27-21)25(31)29-26(32)28-24)14-20(33-15(2)3)12-18-9-7-16(4)8-10-18;1-14-4-6-15(7-5-14)3-2-12-27-19-11-10-17(16-8-9-16)13-18(19)24-20-21(27)25-23(29)26-22(20)28;1-14(2)17-10-11-18-19(13-17)27(12-4-5-16-8-6-15(3)7-9-16)21-20(24-18)22(28)26-23(29)25-21/h11-14,16-17H,4-10,15H2,1-3H3,(H,30,32,33);7-11,13,15,20H,6,12,14H2,1-5H3,(H,29,31,32);4-7,10-11,13,16H,2-3,8-9,12H2,1H3,(H,26,28,29);6-11,13-14H,4-5,12H2,1-3H3,(H,26,28,29). The average Bonchev–Trinajstić information content (AvgIpc) is 1.07. The van der Waals surface area contributed by atoms with Crippen molar-refractivity contribution in [3.05, 3.63) is 319 Å². The number of aromatic amines is 4. The largest absolute Gasteiger partial charge is 0.373 e. The molecule has 638 valence electrons. The third kappa shape index (κ3) is 20.9. The van der Waals surface area contributed by atoms with Gasteiger partial charge in [-0.1, -0.05) is 178 Å². The van der Waals surface area contributed by atoms with Crippen LogP contribution in [0.15, 0.2) is 196 Å². The van der Waals surface area contributed by atoms with E-state index in [0.717, 1.165) is 108 Å². The molecule has 0 radical (unpaired) electrons. The first-order valence-corrected chi connectivity index (χ1v) is 43.4. The van der Waals surface area contributed by atoms with Gasteiger partial charge in [-0.25, -0.2) is 39.1 Å². The highest BCUT2D eigenvalue weighted by atomic mass is 16.5. The molecule has 8 aliphatic heterocycles. The first kappa shape index (κ1) is 87.2. The molecule has 1 saturated carbocycles. The van der Waals surface area contributed by atoms with Crippen LogP contribution in [0.5, 0.6) is 0 Å². The Morgan fingerprint density at radius 3 is 1.21 bits per heavy atom. The maximum absolute atomic E-state index is 12.6. The zero-order valence-corrected chi connectivity index (χ0v) is 72.8. The van der Waals surface area contributed by atoms with Gasteiger partial charge in [0.1, 0.15) is 0 Å². The third-order valence-electron chi connectivity index (χ3n) is 23.1. The van der Waals surface area contributed by atoms with E-state index in [1.165, 1.54) is 98.9 Å². The molecule has 0 saturated heterocycles. The number of aromatic nitrogens is 16. The second kappa shape index (κ2) is 38.9. The lowest BCUT2D eigenvalue weighted by Gasteiger charge is -2.25. The molecular formula is C99H108N16O9. The van der Waals surface area contributed by atoms with Crippen LogP contribution in [0, 0.1) is 41.5 Å². The Labute approximate surface area is 717 Å². The number of benzene rings is 8. The van der Waals surface area contributed by atoms with E-state index in [9.17, 15) is 38.4 Å². The highest BCUT2D eigenvalue weighted by Gasteiger charge is 2.28. The molecule has 1 unspecified atom stereocenters. The topological polar surface area (TPSA) is 332 Å². The van der Waals surface area contributed by atoms with Crippen molar-refractivity contribution < 1.29 is 4.74 Å². The molecule has 25 heteroatoms. The van der Waals surface area contributed by atoms with Crippen molar-refractivity contribution >= 4 is 44.1 Å². The van der Waals surface area contributed by atoms with Crippen molar-refractivity contribution in [2.75, 3.05) is 0 Å². The maximum atomic E-state index is 12.6. The van der Waals surface area contributed by atoms with Crippen LogP contribution in [0.4, 0.5) is 0 Å². The number of unbranched alkanes of at least 4 members (excludes halogenated alkanes) is 3. The Bertz CT molecular complexity index is 6890. The molecule has 0 bridgehead atoms. The Hall–Kier alpha value is -13.2. The summed E-state index contributed by atoms with van der Waals surface area (Å²) in [5.74, 6) is 2.30. The van der Waals surface area contributed by atoms with Gasteiger partial charge in [0.15, 0.2) is 46.1 Å². The summed E-state index contributed by atoms with van der Waals surface area (Å²) >= 11 is 0. The van der Waals surface area contributed by atoms with Gasteiger partial charge in [-0.2, -0.15) is 19.9 Å². The summed E-state index contributed by atoms with van der Waals surface area (Å²) in [5.41, 5.74) is 19.9. The molecule has 8 heterocycles. The van der Waals surface area contributed by atoms with Crippen LogP contribution >= 0.6 is 0 Å². The van der Waals surface area contributed by atoms with Gasteiger partial charge in [0.25, 0.3) is 22.2 Å². The zero-order chi connectivity index (χ0) is 87.6. The van der Waals surface area contributed by atoms with Crippen molar-refractivity contribution in [1.82, 2.24) is 78.1 Å². The first-order valence-electron chi connectivity index (χ1n) is 43.4. The van der Waals surface area contributed by atoms with Crippen molar-refractivity contribution in [3.8, 4) is 46.1 Å². The predicted molar refractivity (Wildman–Crippen MR) is 490 cm³/mol. The summed E-state index contributed by atoms with van der Waals surface area (Å²) < 4.78 is 14.2. The number of nitrogens with zero attached hydrogens (tertiary/aromatic N) is 12. The maximum Gasteiger partial charge on any atom is 0.349 e. The lowest BCUT2D eigenvalue weighted by Crippen LogP contribution is -2.32. The molecule has 9 aliphatic rings. The van der Waals surface area contributed by atoms with Gasteiger partial charge in [-0.15, -0.1) is 0 Å². The number of fused-ring (bicyclic) bond motifs is 8. The van der Waals surface area contributed by atoms with E-state index in [1.807, 2.05) is 50.3 Å². The summed E-state index contributed by atoms with van der Waals surface area (Å²) in [6.45, 7) is 27.4. The minimum absolute atomic E-state index is 0.0141. The fraction of sp³-hybridized carbons (Fsp3) is 0.354. The van der Waals surface area contributed by atoms with E-state index in [0.29, 0.717) is 67.4 Å². The number of nitrogens with one attached hydrogen (secondary N) is 4. The minimum atomic E-state index is -0.677. The van der Waals surface area contributed by atoms with E-state index in [4.69, 9.17) is 4.74 Å². The summed E-state index contributed by atoms with van der Waals surface area (Å²) in [4.78, 5) is 141. The smallest absolute Gasteiger partial charge is 0.349 e. The molecule has 0 amide bonds. The summed E-state index contributed by atoms with van der Waals surface area (Å²) in [6, 6.07) is 54.6. The number of aryl methyl sites for hydroxylation is 14. The van der Waals surface area contributed by atoms with Crippen LogP contribution < -0.4 is 45.0 Å². The second-order valence-electron chi connectivity index (χ2n) is 33.6. The van der Waals surface area contributed by atoms with Gasteiger partial charge in [0.2, 0.25) is 0 Å². The Kier molecular flexibility index (Phi) is 27.4. The van der Waals surface area contributed by atoms with Crippen LogP contribution in [-0.2, 0) is 69.4 Å². The minimum Gasteiger partial charge on any atom is -0.373 e. The monoisotopic (exact) mass is 1660 g/mol. The van der Waals surface area contributed by atoms with Crippen LogP contribution in [0.1, 0.15) is 189 Å². The molecule has 8 aromatic carbocycles. The molecule has 8 aromatic rings. The van der Waals surface area contributed by atoms with Crippen LogP contribution in [-0.4, -0.2) is 90.3 Å². The number of ether oxygens (including phenoxy) is 1. The summed E-state index contributed by atoms with van der Waals surface area (Å²) in [6.07, 6.45) is 14.9. The Balaban J connectivity index is 0.000000135. The van der Waals surface area contributed by atoms with E-state index >= 15 is 0 Å². The lowest BCUT2D eigenvalue weighted by atomic mass is 10.0. The van der Waals surface area contributed by atoms with E-state index in [-0.39, 0.29) is 40.8 Å². The fourth-order valence-corrected chi connectivity index (χ4v) is 16.2. The van der Waals surface area contributed by atoms with Crippen molar-refractivity contribution in [3.63, 3.8) is 0 Å². The predicted octanol–water partition coefficient (Wildman–Crippen LogP) is 15.8. The van der Waals surface area contributed by atoms with E-state index in [2.05, 4.69) is 269 Å². The van der Waals surface area contributed by atoms with Gasteiger partial charge in [0.05, 0.1) is 62.9 Å². The van der Waals surface area contributed by atoms with Gasteiger partial charge < -0.3 is 23.0 Å². The van der Waals surface area contributed by atoms with Gasteiger partial charge in [0, 0.05) is 26.1 Å². The molecule has 17 rings (SSSR count).